The fourth-order valence-corrected chi connectivity index (χ4v) is 2.16. The third kappa shape index (κ3) is 2.59. The molecule has 0 aliphatic heterocycles. The molecule has 0 radical (unpaired) electrons. The third-order valence-corrected chi connectivity index (χ3v) is 3.00. The molecular formula is C14H18FN3. The Labute approximate surface area is 107 Å². The van der Waals surface area contributed by atoms with Crippen molar-refractivity contribution in [2.75, 3.05) is 7.05 Å². The van der Waals surface area contributed by atoms with Gasteiger partial charge in [-0.1, -0.05) is 6.07 Å². The highest BCUT2D eigenvalue weighted by Gasteiger charge is 2.15. The lowest BCUT2D eigenvalue weighted by atomic mass is 10.00. The molecule has 0 bridgehead atoms. The Bertz CT molecular complexity index is 513. The monoisotopic (exact) mass is 247 g/mol. The first-order valence-electron chi connectivity index (χ1n) is 6.10. The lowest BCUT2D eigenvalue weighted by Crippen LogP contribution is -2.17. The molecule has 0 aliphatic rings. The molecule has 2 rings (SSSR count). The van der Waals surface area contributed by atoms with Gasteiger partial charge in [-0.2, -0.15) is 5.10 Å². The van der Waals surface area contributed by atoms with Gasteiger partial charge < -0.3 is 5.32 Å². The van der Waals surface area contributed by atoms with Gasteiger partial charge in [0.2, 0.25) is 0 Å². The molecule has 18 heavy (non-hydrogen) atoms. The first-order valence-corrected chi connectivity index (χ1v) is 6.10. The van der Waals surface area contributed by atoms with Crippen LogP contribution in [-0.2, 0) is 6.54 Å². The summed E-state index contributed by atoms with van der Waals surface area (Å²) in [5.41, 5.74) is 2.89. The lowest BCUT2D eigenvalue weighted by molar-refractivity contribution is 0.614. The highest BCUT2D eigenvalue weighted by atomic mass is 19.1. The molecular weight excluding hydrogens is 229 g/mol. The molecule has 1 heterocycles. The molecule has 96 valence electrons. The van der Waals surface area contributed by atoms with Crippen molar-refractivity contribution in [2.24, 2.45) is 0 Å². The van der Waals surface area contributed by atoms with Crippen molar-refractivity contribution in [3.8, 4) is 0 Å². The number of halogens is 1. The number of hydrogen-bond donors (Lipinski definition) is 1. The van der Waals surface area contributed by atoms with Crippen LogP contribution in [0, 0.1) is 12.7 Å². The molecule has 3 nitrogen and oxygen atoms in total. The summed E-state index contributed by atoms with van der Waals surface area (Å²) in [6.45, 7) is 4.77. The van der Waals surface area contributed by atoms with Crippen molar-refractivity contribution in [1.82, 2.24) is 15.1 Å². The average molecular weight is 247 g/mol. The maximum absolute atomic E-state index is 13.5. The number of aryl methyl sites for hydroxylation is 2. The minimum Gasteiger partial charge on any atom is -0.309 e. The van der Waals surface area contributed by atoms with Crippen molar-refractivity contribution >= 4 is 0 Å². The van der Waals surface area contributed by atoms with E-state index in [1.807, 2.05) is 44.0 Å². The summed E-state index contributed by atoms with van der Waals surface area (Å²) < 4.78 is 15.3. The van der Waals surface area contributed by atoms with Crippen molar-refractivity contribution in [1.29, 1.82) is 0 Å². The van der Waals surface area contributed by atoms with E-state index in [2.05, 4.69) is 10.4 Å². The standard InChI is InChI=1S/C14H18FN3/c1-4-18-9-12(8-17-18)14(16-3)11-5-10(2)6-13(15)7-11/h5-9,14,16H,4H2,1-3H3. The Kier molecular flexibility index (Phi) is 3.77. The predicted octanol–water partition coefficient (Wildman–Crippen LogP) is 2.66. The van der Waals surface area contributed by atoms with Gasteiger partial charge in [0.05, 0.1) is 12.2 Å². The van der Waals surface area contributed by atoms with Gasteiger partial charge in [-0.25, -0.2) is 4.39 Å². The van der Waals surface area contributed by atoms with Gasteiger partial charge in [0, 0.05) is 18.3 Å². The summed E-state index contributed by atoms with van der Waals surface area (Å²) in [6.07, 6.45) is 3.81. The SMILES string of the molecule is CCn1cc(C(NC)c2cc(C)cc(F)c2)cn1. The minimum atomic E-state index is -0.201. The maximum Gasteiger partial charge on any atom is 0.123 e. The molecule has 4 heteroatoms. The molecule has 0 aliphatic carbocycles. The van der Waals surface area contributed by atoms with Gasteiger partial charge >= 0.3 is 0 Å². The molecule has 1 aromatic carbocycles. The predicted molar refractivity (Wildman–Crippen MR) is 69.9 cm³/mol. The van der Waals surface area contributed by atoms with Crippen LogP contribution in [0.2, 0.25) is 0 Å². The summed E-state index contributed by atoms with van der Waals surface area (Å²) >= 11 is 0. The molecule has 0 spiro atoms. The van der Waals surface area contributed by atoms with Crippen LogP contribution in [0.1, 0.15) is 29.7 Å². The molecule has 0 saturated carbocycles. The largest absolute Gasteiger partial charge is 0.309 e. The number of nitrogens with one attached hydrogen (secondary N) is 1. The van der Waals surface area contributed by atoms with Crippen LogP contribution in [0.3, 0.4) is 0 Å². The zero-order chi connectivity index (χ0) is 13.1. The van der Waals surface area contributed by atoms with Crippen LogP contribution in [0.15, 0.2) is 30.6 Å². The van der Waals surface area contributed by atoms with E-state index < -0.39 is 0 Å². The second-order valence-corrected chi connectivity index (χ2v) is 4.41. The molecule has 0 saturated heterocycles. The first-order chi connectivity index (χ1) is 8.63. The van der Waals surface area contributed by atoms with Crippen molar-refractivity contribution in [2.45, 2.75) is 26.4 Å². The molecule has 2 aromatic rings. The van der Waals surface area contributed by atoms with Crippen LogP contribution >= 0.6 is 0 Å². The van der Waals surface area contributed by atoms with Gasteiger partial charge in [0.1, 0.15) is 5.82 Å². The fraction of sp³-hybridized carbons (Fsp3) is 0.357. The Morgan fingerprint density at radius 3 is 2.67 bits per heavy atom. The highest BCUT2D eigenvalue weighted by molar-refractivity contribution is 5.32. The van der Waals surface area contributed by atoms with Gasteiger partial charge in [-0.15, -0.1) is 0 Å². The normalized spacial score (nSPS) is 12.7. The molecule has 0 fully saturated rings. The van der Waals surface area contributed by atoms with Gasteiger partial charge in [-0.3, -0.25) is 4.68 Å². The Morgan fingerprint density at radius 2 is 2.11 bits per heavy atom. The van der Waals surface area contributed by atoms with E-state index >= 15 is 0 Å². The number of hydrogen-bond acceptors (Lipinski definition) is 2. The molecule has 1 N–H and O–H groups in total. The second-order valence-electron chi connectivity index (χ2n) is 4.41. The average Bonchev–Trinajstić information content (AvgIpc) is 2.77. The van der Waals surface area contributed by atoms with E-state index in [0.717, 1.165) is 23.2 Å². The van der Waals surface area contributed by atoms with Crippen molar-refractivity contribution in [3.05, 3.63) is 53.1 Å². The molecule has 0 amide bonds. The minimum absolute atomic E-state index is 0.0281. The number of benzene rings is 1. The van der Waals surface area contributed by atoms with Crippen LogP contribution in [0.5, 0.6) is 0 Å². The molecule has 1 aromatic heterocycles. The Morgan fingerprint density at radius 1 is 1.33 bits per heavy atom. The summed E-state index contributed by atoms with van der Waals surface area (Å²) in [7, 11) is 1.87. The zero-order valence-electron chi connectivity index (χ0n) is 10.9. The van der Waals surface area contributed by atoms with E-state index in [4.69, 9.17) is 0 Å². The van der Waals surface area contributed by atoms with Crippen molar-refractivity contribution in [3.63, 3.8) is 0 Å². The topological polar surface area (TPSA) is 29.9 Å². The number of aromatic nitrogens is 2. The zero-order valence-corrected chi connectivity index (χ0v) is 10.9. The summed E-state index contributed by atoms with van der Waals surface area (Å²) in [5.74, 6) is -0.201. The summed E-state index contributed by atoms with van der Waals surface area (Å²) in [6, 6.07) is 5.07. The van der Waals surface area contributed by atoms with E-state index in [-0.39, 0.29) is 11.9 Å². The van der Waals surface area contributed by atoms with E-state index in [0.29, 0.717) is 0 Å². The quantitative estimate of drug-likeness (QED) is 0.900. The van der Waals surface area contributed by atoms with Gasteiger partial charge in [-0.05, 0) is 44.2 Å². The fourth-order valence-electron chi connectivity index (χ4n) is 2.16. The maximum atomic E-state index is 13.5. The number of nitrogens with zero attached hydrogens (tertiary/aromatic N) is 2. The van der Waals surface area contributed by atoms with Crippen LogP contribution in [-0.4, -0.2) is 16.8 Å². The molecule has 1 atom stereocenters. The Hall–Kier alpha value is -1.68. The second kappa shape index (κ2) is 5.31. The number of rotatable bonds is 4. The third-order valence-electron chi connectivity index (χ3n) is 3.00. The van der Waals surface area contributed by atoms with Crippen LogP contribution < -0.4 is 5.32 Å². The smallest absolute Gasteiger partial charge is 0.123 e. The molecule has 1 unspecified atom stereocenters. The van der Waals surface area contributed by atoms with Crippen molar-refractivity contribution < 1.29 is 4.39 Å². The van der Waals surface area contributed by atoms with Gasteiger partial charge in [0.25, 0.3) is 0 Å². The summed E-state index contributed by atoms with van der Waals surface area (Å²) in [5, 5.41) is 7.46. The first kappa shape index (κ1) is 12.8. The highest BCUT2D eigenvalue weighted by Crippen LogP contribution is 2.23. The lowest BCUT2D eigenvalue weighted by Gasteiger charge is -2.15. The van der Waals surface area contributed by atoms with Crippen LogP contribution in [0.25, 0.3) is 0 Å². The van der Waals surface area contributed by atoms with E-state index in [9.17, 15) is 4.39 Å². The van der Waals surface area contributed by atoms with Gasteiger partial charge in [0.15, 0.2) is 0 Å². The summed E-state index contributed by atoms with van der Waals surface area (Å²) in [4.78, 5) is 0. The Balaban J connectivity index is 2.38. The van der Waals surface area contributed by atoms with E-state index in [1.165, 1.54) is 6.07 Å². The van der Waals surface area contributed by atoms with E-state index in [1.54, 1.807) is 6.07 Å². The van der Waals surface area contributed by atoms with Crippen LogP contribution in [0.4, 0.5) is 4.39 Å².